The fourth-order valence-corrected chi connectivity index (χ4v) is 2.88. The van der Waals surface area contributed by atoms with Crippen LogP contribution >= 0.6 is 0 Å². The van der Waals surface area contributed by atoms with Crippen molar-refractivity contribution in [1.82, 2.24) is 20.3 Å². The Morgan fingerprint density at radius 2 is 2.09 bits per heavy atom. The minimum absolute atomic E-state index is 0.0346. The smallest absolute Gasteiger partial charge is 0.278 e. The van der Waals surface area contributed by atoms with E-state index in [1.165, 1.54) is 0 Å². The number of nitrogens with zero attached hydrogens (tertiary/aromatic N) is 3. The third-order valence-corrected chi connectivity index (χ3v) is 4.20. The van der Waals surface area contributed by atoms with Crippen LogP contribution in [0.4, 0.5) is 5.69 Å². The van der Waals surface area contributed by atoms with Gasteiger partial charge in [0.2, 0.25) is 0 Å². The molecule has 0 spiro atoms. The van der Waals surface area contributed by atoms with Crippen molar-refractivity contribution in [2.24, 2.45) is 0 Å². The molecule has 0 unspecified atom stereocenters. The molecule has 1 saturated heterocycles. The van der Waals surface area contributed by atoms with E-state index in [1.54, 1.807) is 18.2 Å². The van der Waals surface area contributed by atoms with Crippen LogP contribution in [0.15, 0.2) is 18.2 Å². The van der Waals surface area contributed by atoms with Crippen LogP contribution in [0.3, 0.4) is 0 Å². The molecule has 2 aromatic rings. The van der Waals surface area contributed by atoms with Crippen LogP contribution in [-0.2, 0) is 0 Å². The SMILES string of the molecule is Cc1ccc(O)c(NC(=O)c2nnn(C3CCNCC3)c2C)c1. The zero-order chi connectivity index (χ0) is 16.4. The summed E-state index contributed by atoms with van der Waals surface area (Å²) in [5.41, 5.74) is 2.38. The molecule has 1 aliphatic rings. The number of carbonyl (C=O) groups is 1. The Balaban J connectivity index is 1.80. The van der Waals surface area contributed by atoms with Crippen LogP contribution < -0.4 is 10.6 Å². The lowest BCUT2D eigenvalue weighted by Gasteiger charge is -2.23. The van der Waals surface area contributed by atoms with Crippen molar-refractivity contribution in [1.29, 1.82) is 0 Å². The van der Waals surface area contributed by atoms with Gasteiger partial charge in [-0.05, 0) is 57.5 Å². The number of phenolic OH excluding ortho intramolecular Hbond substituents is 1. The number of aromatic hydroxyl groups is 1. The summed E-state index contributed by atoms with van der Waals surface area (Å²) in [6, 6.07) is 5.34. The van der Waals surface area contributed by atoms with Crippen molar-refractivity contribution in [3.63, 3.8) is 0 Å². The van der Waals surface area contributed by atoms with E-state index in [0.29, 0.717) is 11.4 Å². The molecule has 1 aliphatic heterocycles. The van der Waals surface area contributed by atoms with Gasteiger partial charge < -0.3 is 15.7 Å². The number of aryl methyl sites for hydroxylation is 1. The van der Waals surface area contributed by atoms with E-state index in [2.05, 4.69) is 20.9 Å². The van der Waals surface area contributed by atoms with E-state index in [-0.39, 0.29) is 17.7 Å². The largest absolute Gasteiger partial charge is 0.506 e. The molecule has 0 bridgehead atoms. The molecule has 23 heavy (non-hydrogen) atoms. The quantitative estimate of drug-likeness (QED) is 0.751. The minimum atomic E-state index is -0.358. The number of anilines is 1. The third kappa shape index (κ3) is 3.19. The monoisotopic (exact) mass is 315 g/mol. The van der Waals surface area contributed by atoms with E-state index in [1.807, 2.05) is 18.5 Å². The van der Waals surface area contributed by atoms with Crippen LogP contribution in [0, 0.1) is 13.8 Å². The maximum absolute atomic E-state index is 12.4. The summed E-state index contributed by atoms with van der Waals surface area (Å²) in [4.78, 5) is 12.4. The molecule has 122 valence electrons. The van der Waals surface area contributed by atoms with Crippen molar-refractivity contribution in [2.45, 2.75) is 32.7 Å². The maximum Gasteiger partial charge on any atom is 0.278 e. The summed E-state index contributed by atoms with van der Waals surface area (Å²) < 4.78 is 1.84. The average Bonchev–Trinajstić information content (AvgIpc) is 2.93. The van der Waals surface area contributed by atoms with Gasteiger partial charge in [0.25, 0.3) is 5.91 Å². The Kier molecular flexibility index (Phi) is 4.29. The second kappa shape index (κ2) is 6.37. The number of amides is 1. The Morgan fingerprint density at radius 3 is 2.83 bits per heavy atom. The van der Waals surface area contributed by atoms with E-state index >= 15 is 0 Å². The first-order valence-electron chi connectivity index (χ1n) is 7.79. The van der Waals surface area contributed by atoms with Crippen molar-refractivity contribution in [3.8, 4) is 5.75 Å². The lowest BCUT2D eigenvalue weighted by molar-refractivity contribution is 0.102. The van der Waals surface area contributed by atoms with Gasteiger partial charge in [-0.1, -0.05) is 11.3 Å². The molecule has 0 saturated carbocycles. The summed E-state index contributed by atoms with van der Waals surface area (Å²) >= 11 is 0. The molecule has 7 nitrogen and oxygen atoms in total. The van der Waals surface area contributed by atoms with Gasteiger partial charge in [0.15, 0.2) is 5.69 Å². The van der Waals surface area contributed by atoms with Crippen LogP contribution in [-0.4, -0.2) is 39.1 Å². The van der Waals surface area contributed by atoms with E-state index < -0.39 is 0 Å². The molecular weight excluding hydrogens is 294 g/mol. The van der Waals surface area contributed by atoms with E-state index in [9.17, 15) is 9.90 Å². The molecule has 3 N–H and O–H groups in total. The van der Waals surface area contributed by atoms with Gasteiger partial charge in [-0.25, -0.2) is 4.68 Å². The molecule has 7 heteroatoms. The highest BCUT2D eigenvalue weighted by Gasteiger charge is 2.23. The number of phenols is 1. The summed E-state index contributed by atoms with van der Waals surface area (Å²) in [6.45, 7) is 5.64. The molecule has 1 aromatic carbocycles. The summed E-state index contributed by atoms with van der Waals surface area (Å²) in [7, 11) is 0. The number of nitrogens with one attached hydrogen (secondary N) is 2. The molecule has 1 amide bonds. The highest BCUT2D eigenvalue weighted by molar-refractivity contribution is 6.04. The van der Waals surface area contributed by atoms with Crippen molar-refractivity contribution < 1.29 is 9.90 Å². The highest BCUT2D eigenvalue weighted by atomic mass is 16.3. The fraction of sp³-hybridized carbons (Fsp3) is 0.438. The molecule has 3 rings (SSSR count). The van der Waals surface area contributed by atoms with Gasteiger partial charge in [0.05, 0.1) is 17.4 Å². The molecule has 0 radical (unpaired) electrons. The highest BCUT2D eigenvalue weighted by Crippen LogP contribution is 2.25. The zero-order valence-corrected chi connectivity index (χ0v) is 13.3. The number of benzene rings is 1. The van der Waals surface area contributed by atoms with Gasteiger partial charge >= 0.3 is 0 Å². The molecule has 1 aromatic heterocycles. The minimum Gasteiger partial charge on any atom is -0.506 e. The van der Waals surface area contributed by atoms with Gasteiger partial charge in [-0.15, -0.1) is 5.10 Å². The van der Waals surface area contributed by atoms with Gasteiger partial charge in [-0.3, -0.25) is 4.79 Å². The number of rotatable bonds is 3. The standard InChI is InChI=1S/C16H21N5O2/c1-10-3-4-14(22)13(9-10)18-16(23)15-11(2)21(20-19-15)12-5-7-17-8-6-12/h3-4,9,12,17,22H,5-8H2,1-2H3,(H,18,23). The van der Waals surface area contributed by atoms with Crippen molar-refractivity contribution >= 4 is 11.6 Å². The topological polar surface area (TPSA) is 92.1 Å². The first-order valence-corrected chi connectivity index (χ1v) is 7.79. The molecule has 0 aliphatic carbocycles. The summed E-state index contributed by atoms with van der Waals surface area (Å²) in [5, 5.41) is 24.1. The average molecular weight is 315 g/mol. The number of hydrogen-bond acceptors (Lipinski definition) is 5. The Bertz CT molecular complexity index is 719. The normalized spacial score (nSPS) is 15.6. The van der Waals surface area contributed by atoms with Crippen LogP contribution in [0.1, 0.15) is 40.6 Å². The Hall–Kier alpha value is -2.41. The number of piperidine rings is 1. The molecule has 0 atom stereocenters. The second-order valence-corrected chi connectivity index (χ2v) is 5.92. The lowest BCUT2D eigenvalue weighted by Crippen LogP contribution is -2.30. The summed E-state index contributed by atoms with van der Waals surface area (Å²) in [6.07, 6.45) is 1.95. The van der Waals surface area contributed by atoms with Crippen molar-refractivity contribution in [3.05, 3.63) is 35.2 Å². The third-order valence-electron chi connectivity index (χ3n) is 4.20. The first kappa shape index (κ1) is 15.5. The van der Waals surface area contributed by atoms with E-state index in [4.69, 9.17) is 0 Å². The van der Waals surface area contributed by atoms with Gasteiger partial charge in [0, 0.05) is 0 Å². The number of hydrogen-bond donors (Lipinski definition) is 3. The van der Waals surface area contributed by atoms with Gasteiger partial charge in [-0.2, -0.15) is 0 Å². The summed E-state index contributed by atoms with van der Waals surface area (Å²) in [5.74, 6) is -0.323. The van der Waals surface area contributed by atoms with Crippen molar-refractivity contribution in [2.75, 3.05) is 18.4 Å². The zero-order valence-electron chi connectivity index (χ0n) is 13.3. The first-order chi connectivity index (χ1) is 11.1. The van der Waals surface area contributed by atoms with Crippen LogP contribution in [0.25, 0.3) is 0 Å². The predicted molar refractivity (Wildman–Crippen MR) is 86.7 cm³/mol. The number of carbonyl (C=O) groups excluding carboxylic acids is 1. The maximum atomic E-state index is 12.4. The Morgan fingerprint density at radius 1 is 1.35 bits per heavy atom. The molecule has 2 heterocycles. The molecule has 1 fully saturated rings. The van der Waals surface area contributed by atoms with Crippen LogP contribution in [0.2, 0.25) is 0 Å². The number of aromatic nitrogens is 3. The molecular formula is C16H21N5O2. The predicted octanol–water partition coefficient (Wildman–Crippen LogP) is 1.78. The fourth-order valence-electron chi connectivity index (χ4n) is 2.88. The van der Waals surface area contributed by atoms with Gasteiger partial charge in [0.1, 0.15) is 5.75 Å². The van der Waals surface area contributed by atoms with E-state index in [0.717, 1.165) is 37.2 Å². The lowest BCUT2D eigenvalue weighted by atomic mass is 10.1. The Labute approximate surface area is 134 Å². The second-order valence-electron chi connectivity index (χ2n) is 5.92. The van der Waals surface area contributed by atoms with Crippen LogP contribution in [0.5, 0.6) is 5.75 Å².